The van der Waals surface area contributed by atoms with Crippen LogP contribution in [0.15, 0.2) is 18.2 Å². The summed E-state index contributed by atoms with van der Waals surface area (Å²) in [5.74, 6) is 0. The van der Waals surface area contributed by atoms with Crippen LogP contribution in [0.2, 0.25) is 0 Å². The molecule has 0 N–H and O–H groups in total. The van der Waals surface area contributed by atoms with E-state index in [9.17, 15) is 8.78 Å². The highest BCUT2D eigenvalue weighted by molar-refractivity contribution is 5.55. The Morgan fingerprint density at radius 3 is 1.81 bits per heavy atom. The van der Waals surface area contributed by atoms with Crippen LogP contribution in [0.25, 0.3) is 6.08 Å². The summed E-state index contributed by atoms with van der Waals surface area (Å²) < 4.78 is 24.4. The van der Waals surface area contributed by atoms with Gasteiger partial charge >= 0.3 is 0 Å². The predicted molar refractivity (Wildman–Crippen MR) is 64.8 cm³/mol. The van der Waals surface area contributed by atoms with Gasteiger partial charge in [0.15, 0.2) is 0 Å². The summed E-state index contributed by atoms with van der Waals surface area (Å²) in [6.07, 6.45) is -0.741. The van der Waals surface area contributed by atoms with Crippen LogP contribution in [0, 0.1) is 13.8 Å². The maximum absolute atomic E-state index is 12.2. The van der Waals surface area contributed by atoms with E-state index in [1.165, 1.54) is 5.56 Å². The molecule has 0 aliphatic rings. The highest BCUT2D eigenvalue weighted by Crippen LogP contribution is 2.30. The second-order valence-corrected chi connectivity index (χ2v) is 5.21. The maximum Gasteiger partial charge on any atom is 0.270 e. The van der Waals surface area contributed by atoms with Gasteiger partial charge in [-0.3, -0.25) is 0 Å². The first-order chi connectivity index (χ1) is 7.21. The minimum Gasteiger partial charge on any atom is -0.173 e. The molecule has 0 saturated carbocycles. The van der Waals surface area contributed by atoms with Crippen LogP contribution in [0.5, 0.6) is 0 Å². The molecule has 0 radical (unpaired) electrons. The fraction of sp³-hybridized carbons (Fsp3) is 0.429. The van der Waals surface area contributed by atoms with Gasteiger partial charge < -0.3 is 0 Å². The first-order valence-corrected chi connectivity index (χ1v) is 5.36. The van der Waals surface area contributed by atoms with E-state index in [-0.39, 0.29) is 5.41 Å². The molecule has 0 spiro atoms. The lowest BCUT2D eigenvalue weighted by molar-refractivity contribution is 0.429. The molecular weight excluding hydrogens is 206 g/mol. The third-order valence-electron chi connectivity index (χ3n) is 2.58. The van der Waals surface area contributed by atoms with Crippen molar-refractivity contribution < 1.29 is 8.78 Å². The Bertz CT molecular complexity index is 396. The predicted octanol–water partition coefficient (Wildman–Crippen LogP) is 4.84. The summed E-state index contributed by atoms with van der Waals surface area (Å²) in [4.78, 5) is 0. The summed E-state index contributed by atoms with van der Waals surface area (Å²) >= 11 is 0. The van der Waals surface area contributed by atoms with Gasteiger partial charge in [0.05, 0.1) is 0 Å². The molecule has 0 atom stereocenters. The highest BCUT2D eigenvalue weighted by Gasteiger charge is 2.18. The van der Waals surface area contributed by atoms with Crippen molar-refractivity contribution in [1.29, 1.82) is 0 Å². The summed E-state index contributed by atoms with van der Waals surface area (Å²) in [5.41, 5.74) is 4.00. The van der Waals surface area contributed by atoms with E-state index in [1.54, 1.807) is 0 Å². The Kier molecular flexibility index (Phi) is 3.51. The van der Waals surface area contributed by atoms with Gasteiger partial charge in [-0.25, -0.2) is 0 Å². The van der Waals surface area contributed by atoms with Gasteiger partial charge in [-0.1, -0.05) is 32.9 Å². The summed E-state index contributed by atoms with van der Waals surface area (Å²) in [6.45, 7) is 10.3. The van der Waals surface area contributed by atoms with E-state index in [1.807, 2.05) is 26.0 Å². The van der Waals surface area contributed by atoms with Crippen molar-refractivity contribution in [2.45, 2.75) is 40.0 Å². The Balaban J connectivity index is 3.34. The molecule has 0 bridgehead atoms. The van der Waals surface area contributed by atoms with E-state index >= 15 is 0 Å². The van der Waals surface area contributed by atoms with Crippen LogP contribution in [-0.2, 0) is 5.41 Å². The summed E-state index contributed by atoms with van der Waals surface area (Å²) in [5, 5.41) is 0. The molecule has 1 rings (SSSR count). The van der Waals surface area contributed by atoms with Crippen LogP contribution in [0.3, 0.4) is 0 Å². The van der Waals surface area contributed by atoms with E-state index in [2.05, 4.69) is 20.8 Å². The standard InChI is InChI=1S/C14H18F2/c1-9-6-11(8-12(15)16)7-10(2)13(9)14(3,4)5/h6-8H,1-5H3. The largest absolute Gasteiger partial charge is 0.270 e. The Morgan fingerprint density at radius 1 is 1.06 bits per heavy atom. The zero-order valence-electron chi connectivity index (χ0n) is 10.5. The van der Waals surface area contributed by atoms with Gasteiger partial charge in [0, 0.05) is 6.08 Å². The Labute approximate surface area is 96.0 Å². The zero-order chi connectivity index (χ0) is 12.5. The van der Waals surface area contributed by atoms with Gasteiger partial charge in [-0.05, 0) is 41.5 Å². The molecule has 0 aromatic heterocycles. The summed E-state index contributed by atoms with van der Waals surface area (Å²) in [6, 6.07) is 3.62. The van der Waals surface area contributed by atoms with Crippen molar-refractivity contribution in [3.05, 3.63) is 40.5 Å². The highest BCUT2D eigenvalue weighted by atomic mass is 19.3. The Hall–Kier alpha value is -1.18. The third kappa shape index (κ3) is 2.91. The molecule has 0 aliphatic heterocycles. The minimum absolute atomic E-state index is 0.0463. The monoisotopic (exact) mass is 224 g/mol. The molecule has 0 nitrogen and oxygen atoms in total. The lowest BCUT2D eigenvalue weighted by Gasteiger charge is -2.24. The second kappa shape index (κ2) is 4.36. The molecule has 0 heterocycles. The molecule has 2 heteroatoms. The number of hydrogen-bond donors (Lipinski definition) is 0. The van der Waals surface area contributed by atoms with Crippen LogP contribution in [0.4, 0.5) is 8.78 Å². The molecular formula is C14H18F2. The van der Waals surface area contributed by atoms with Crippen molar-refractivity contribution in [1.82, 2.24) is 0 Å². The number of halogens is 2. The topological polar surface area (TPSA) is 0 Å². The number of benzene rings is 1. The van der Waals surface area contributed by atoms with Crippen LogP contribution < -0.4 is 0 Å². The van der Waals surface area contributed by atoms with Crippen molar-refractivity contribution in [3.8, 4) is 0 Å². The number of aryl methyl sites for hydroxylation is 2. The van der Waals surface area contributed by atoms with Gasteiger partial charge in [0.2, 0.25) is 0 Å². The van der Waals surface area contributed by atoms with E-state index < -0.39 is 6.08 Å². The quantitative estimate of drug-likeness (QED) is 0.640. The maximum atomic E-state index is 12.2. The second-order valence-electron chi connectivity index (χ2n) is 5.21. The first kappa shape index (κ1) is 12.9. The first-order valence-electron chi connectivity index (χ1n) is 5.36. The average Bonchev–Trinajstić information content (AvgIpc) is 1.96. The van der Waals surface area contributed by atoms with Gasteiger partial charge in [0.1, 0.15) is 0 Å². The van der Waals surface area contributed by atoms with Crippen molar-refractivity contribution >= 4 is 6.08 Å². The van der Waals surface area contributed by atoms with Crippen molar-refractivity contribution in [2.75, 3.05) is 0 Å². The lowest BCUT2D eigenvalue weighted by atomic mass is 9.80. The average molecular weight is 224 g/mol. The van der Waals surface area contributed by atoms with E-state index in [0.717, 1.165) is 17.2 Å². The molecule has 16 heavy (non-hydrogen) atoms. The molecule has 1 aromatic rings. The summed E-state index contributed by atoms with van der Waals surface area (Å²) in [7, 11) is 0. The SMILES string of the molecule is Cc1cc(C=C(F)F)cc(C)c1C(C)(C)C. The van der Waals surface area contributed by atoms with E-state index in [4.69, 9.17) is 0 Å². The zero-order valence-corrected chi connectivity index (χ0v) is 10.5. The molecule has 0 unspecified atom stereocenters. The molecule has 88 valence electrons. The van der Waals surface area contributed by atoms with Crippen LogP contribution in [-0.4, -0.2) is 0 Å². The number of rotatable bonds is 1. The molecule has 0 saturated heterocycles. The van der Waals surface area contributed by atoms with Gasteiger partial charge in [0.25, 0.3) is 6.08 Å². The number of hydrogen-bond acceptors (Lipinski definition) is 0. The lowest BCUT2D eigenvalue weighted by Crippen LogP contribution is -2.15. The van der Waals surface area contributed by atoms with E-state index in [0.29, 0.717) is 5.56 Å². The molecule has 0 fully saturated rings. The van der Waals surface area contributed by atoms with Crippen molar-refractivity contribution in [2.24, 2.45) is 0 Å². The normalized spacial score (nSPS) is 11.4. The fourth-order valence-corrected chi connectivity index (χ4v) is 2.39. The van der Waals surface area contributed by atoms with Crippen molar-refractivity contribution in [3.63, 3.8) is 0 Å². The van der Waals surface area contributed by atoms with Crippen LogP contribution in [0.1, 0.15) is 43.0 Å². The Morgan fingerprint density at radius 2 is 1.50 bits per heavy atom. The van der Waals surface area contributed by atoms with Gasteiger partial charge in [-0.15, -0.1) is 0 Å². The minimum atomic E-state index is -1.65. The molecule has 0 amide bonds. The van der Waals surface area contributed by atoms with Gasteiger partial charge in [-0.2, -0.15) is 8.78 Å². The molecule has 1 aromatic carbocycles. The van der Waals surface area contributed by atoms with Crippen LogP contribution >= 0.6 is 0 Å². The fourth-order valence-electron chi connectivity index (χ4n) is 2.39. The molecule has 0 aliphatic carbocycles. The smallest absolute Gasteiger partial charge is 0.173 e. The third-order valence-corrected chi connectivity index (χ3v) is 2.58.